The van der Waals surface area contributed by atoms with Gasteiger partial charge in [-0.05, 0) is 140 Å². The predicted octanol–water partition coefficient (Wildman–Crippen LogP) is 16.7. The third-order valence-corrected chi connectivity index (χ3v) is 13.5. The number of nitrogens with zero attached hydrogens (tertiary/aromatic N) is 2. The summed E-state index contributed by atoms with van der Waals surface area (Å²) in [4.78, 5) is 4.67. The Bertz CT molecular complexity index is 3430. The van der Waals surface area contributed by atoms with Crippen LogP contribution in [-0.4, -0.2) is 6.04 Å². The minimum atomic E-state index is -0.288. The molecule has 0 heterocycles. The maximum absolute atomic E-state index is 14.8. The quantitative estimate of drug-likeness (QED) is 0.135. The first-order chi connectivity index (χ1) is 33.6. The van der Waals surface area contributed by atoms with E-state index < -0.39 is 0 Å². The molecule has 4 aliphatic carbocycles. The molecule has 0 saturated carbocycles. The molecule has 0 bridgehead atoms. The Hall–Kier alpha value is -8.60. The van der Waals surface area contributed by atoms with Crippen LogP contribution in [0.2, 0.25) is 0 Å². The number of anilines is 4. The van der Waals surface area contributed by atoms with Gasteiger partial charge in [0.1, 0.15) is 11.6 Å². The molecule has 8 aromatic carbocycles. The molecule has 68 heavy (non-hydrogen) atoms. The summed E-state index contributed by atoms with van der Waals surface area (Å²) in [5, 5.41) is 0. The molecule has 2 unspecified atom stereocenters. The maximum Gasteiger partial charge on any atom is 0.123 e. The van der Waals surface area contributed by atoms with Crippen molar-refractivity contribution < 1.29 is 8.78 Å². The molecule has 2 atom stereocenters. The molecule has 0 radical (unpaired) electrons. The number of halogens is 2. The molecular weight excluding hydrogens is 835 g/mol. The Balaban J connectivity index is 1.02. The van der Waals surface area contributed by atoms with E-state index in [0.717, 1.165) is 84.1 Å². The summed E-state index contributed by atoms with van der Waals surface area (Å²) in [6.07, 6.45) is 18.1. The number of hydrogen-bond donors (Lipinski definition) is 0. The van der Waals surface area contributed by atoms with Gasteiger partial charge in [-0.3, -0.25) is 0 Å². The highest BCUT2D eigenvalue weighted by Gasteiger charge is 2.40. The molecular formula is C64H44F2N2. The van der Waals surface area contributed by atoms with E-state index >= 15 is 0 Å². The van der Waals surface area contributed by atoms with Gasteiger partial charge < -0.3 is 9.80 Å². The minimum Gasteiger partial charge on any atom is -0.330 e. The van der Waals surface area contributed by atoms with E-state index in [-0.39, 0.29) is 23.6 Å². The molecule has 0 fully saturated rings. The molecule has 0 saturated heterocycles. The molecule has 324 valence electrons. The van der Waals surface area contributed by atoms with E-state index in [4.69, 9.17) is 0 Å². The molecule has 0 spiro atoms. The van der Waals surface area contributed by atoms with Crippen LogP contribution >= 0.6 is 0 Å². The fraction of sp³-hybridized carbons (Fsp3) is 0.0312. The number of allylic oxidation sites excluding steroid dienone is 10. The lowest BCUT2D eigenvalue weighted by Crippen LogP contribution is -2.37. The van der Waals surface area contributed by atoms with Gasteiger partial charge in [0.25, 0.3) is 0 Å². The van der Waals surface area contributed by atoms with Gasteiger partial charge in [0.05, 0.1) is 17.4 Å². The van der Waals surface area contributed by atoms with E-state index in [1.54, 1.807) is 24.3 Å². The SMILES string of the molecule is Fc1ccc(N(C2=C3C=CC4=C5C(=CC=C(C=C2)C35)C(N(c2ccc(F)cc2)c2ccc(-c3ccccc3)cc2-c2ccccc2)C=C4)c2ccc(-c3ccccc3)cc2-c2ccccc2)cc1. The monoisotopic (exact) mass is 878 g/mol. The summed E-state index contributed by atoms with van der Waals surface area (Å²) in [5.74, 6) is -0.656. The van der Waals surface area contributed by atoms with Crippen LogP contribution in [0.25, 0.3) is 44.5 Å². The van der Waals surface area contributed by atoms with Crippen LogP contribution in [0.4, 0.5) is 31.5 Å². The fourth-order valence-electron chi connectivity index (χ4n) is 10.4. The molecule has 8 aromatic rings. The van der Waals surface area contributed by atoms with E-state index in [9.17, 15) is 8.78 Å². The molecule has 4 heteroatoms. The highest BCUT2D eigenvalue weighted by molar-refractivity contribution is 5.91. The van der Waals surface area contributed by atoms with Crippen LogP contribution in [0.15, 0.2) is 288 Å². The van der Waals surface area contributed by atoms with Gasteiger partial charge in [-0.25, -0.2) is 8.78 Å². The highest BCUT2D eigenvalue weighted by Crippen LogP contribution is 2.53. The van der Waals surface area contributed by atoms with Crippen molar-refractivity contribution in [1.82, 2.24) is 0 Å². The van der Waals surface area contributed by atoms with Crippen molar-refractivity contribution in [3.05, 3.63) is 300 Å². The topological polar surface area (TPSA) is 6.48 Å². The Morgan fingerprint density at radius 1 is 0.397 bits per heavy atom. The van der Waals surface area contributed by atoms with Gasteiger partial charge >= 0.3 is 0 Å². The van der Waals surface area contributed by atoms with Crippen molar-refractivity contribution in [1.29, 1.82) is 0 Å². The normalized spacial score (nSPS) is 16.6. The van der Waals surface area contributed by atoms with Crippen molar-refractivity contribution in [2.45, 2.75) is 6.04 Å². The first kappa shape index (κ1) is 40.9. The summed E-state index contributed by atoms with van der Waals surface area (Å²) >= 11 is 0. The molecule has 0 amide bonds. The summed E-state index contributed by atoms with van der Waals surface area (Å²) in [7, 11) is 0. The van der Waals surface area contributed by atoms with E-state index in [0.29, 0.717) is 0 Å². The molecule has 2 nitrogen and oxygen atoms in total. The van der Waals surface area contributed by atoms with E-state index in [1.165, 1.54) is 16.7 Å². The largest absolute Gasteiger partial charge is 0.330 e. The lowest BCUT2D eigenvalue weighted by molar-refractivity contribution is 0.627. The van der Waals surface area contributed by atoms with Crippen LogP contribution in [-0.2, 0) is 0 Å². The van der Waals surface area contributed by atoms with Crippen LogP contribution in [0, 0.1) is 17.6 Å². The lowest BCUT2D eigenvalue weighted by Gasteiger charge is -2.44. The highest BCUT2D eigenvalue weighted by atomic mass is 19.1. The van der Waals surface area contributed by atoms with Gasteiger partial charge in [0, 0.05) is 34.1 Å². The summed E-state index contributed by atoms with van der Waals surface area (Å²) in [6.45, 7) is 0. The number of rotatable bonds is 10. The average molecular weight is 879 g/mol. The number of hydrogen-bond acceptors (Lipinski definition) is 2. The first-order valence-corrected chi connectivity index (χ1v) is 23.1. The second-order valence-electron chi connectivity index (χ2n) is 17.5. The van der Waals surface area contributed by atoms with Gasteiger partial charge in [-0.2, -0.15) is 0 Å². The predicted molar refractivity (Wildman–Crippen MR) is 277 cm³/mol. The van der Waals surface area contributed by atoms with Gasteiger partial charge in [0.2, 0.25) is 0 Å². The smallest absolute Gasteiger partial charge is 0.123 e. The zero-order chi connectivity index (χ0) is 45.6. The molecule has 0 aliphatic heterocycles. The second-order valence-corrected chi connectivity index (χ2v) is 17.5. The zero-order valence-electron chi connectivity index (χ0n) is 37.1. The summed E-state index contributed by atoms with van der Waals surface area (Å²) in [5.41, 5.74) is 19.5. The Morgan fingerprint density at radius 2 is 0.912 bits per heavy atom. The summed E-state index contributed by atoms with van der Waals surface area (Å²) < 4.78 is 29.6. The minimum absolute atomic E-state index is 0.0849. The molecule has 0 aromatic heterocycles. The third-order valence-electron chi connectivity index (χ3n) is 13.5. The molecule has 12 rings (SSSR count). The van der Waals surface area contributed by atoms with Gasteiger partial charge in [0.15, 0.2) is 0 Å². The first-order valence-electron chi connectivity index (χ1n) is 23.1. The lowest BCUT2D eigenvalue weighted by atomic mass is 9.67. The van der Waals surface area contributed by atoms with Crippen molar-refractivity contribution >= 4 is 22.7 Å². The van der Waals surface area contributed by atoms with E-state index in [2.05, 4.69) is 192 Å². The van der Waals surface area contributed by atoms with Gasteiger partial charge in [-0.1, -0.05) is 176 Å². The van der Waals surface area contributed by atoms with Crippen LogP contribution in [0.1, 0.15) is 0 Å². The van der Waals surface area contributed by atoms with Crippen molar-refractivity contribution in [2.24, 2.45) is 5.92 Å². The summed E-state index contributed by atoms with van der Waals surface area (Å²) in [6, 6.07) is 68.8. The Labute approximate surface area is 396 Å². The Kier molecular flexibility index (Phi) is 10.4. The van der Waals surface area contributed by atoms with Crippen molar-refractivity contribution in [2.75, 3.05) is 9.80 Å². The van der Waals surface area contributed by atoms with Crippen molar-refractivity contribution in [3.8, 4) is 44.5 Å². The second kappa shape index (κ2) is 17.3. The zero-order valence-corrected chi connectivity index (χ0v) is 37.1. The van der Waals surface area contributed by atoms with Crippen LogP contribution in [0.3, 0.4) is 0 Å². The third kappa shape index (κ3) is 7.37. The average Bonchev–Trinajstić information content (AvgIpc) is 3.41. The Morgan fingerprint density at radius 3 is 1.49 bits per heavy atom. The standard InChI is InChI=1S/C64H44F2N2/c65-51-27-31-53(32-28-51)67(61-39-25-49(43-13-5-1-6-14-43)41-57(61)45-17-9-3-10-18-45)59-37-23-47-22-36-56-60(38-24-48-21-35-55(59)63(47)64(48)56)68(54-33-29-52(66)30-34-54)62-40-26-50(44-15-7-2-8-16-44)42-58(62)46-19-11-4-12-20-46/h1-42,59,64H. The van der Waals surface area contributed by atoms with E-state index in [1.807, 2.05) is 48.5 Å². The fourth-order valence-corrected chi connectivity index (χ4v) is 10.4. The maximum atomic E-state index is 14.8. The molecule has 4 aliphatic rings. The number of benzene rings is 8. The van der Waals surface area contributed by atoms with Crippen LogP contribution in [0.5, 0.6) is 0 Å². The van der Waals surface area contributed by atoms with Crippen LogP contribution < -0.4 is 9.80 Å². The van der Waals surface area contributed by atoms with Gasteiger partial charge in [-0.15, -0.1) is 0 Å². The molecule has 0 N–H and O–H groups in total. The van der Waals surface area contributed by atoms with Crippen molar-refractivity contribution in [3.63, 3.8) is 0 Å².